The molecule has 2 aliphatic heterocycles. The Morgan fingerprint density at radius 2 is 1.88 bits per heavy atom. The van der Waals surface area contributed by atoms with E-state index >= 15 is 0 Å². The van der Waals surface area contributed by atoms with Gasteiger partial charge in [-0.3, -0.25) is 4.79 Å². The Bertz CT molecular complexity index is 1390. The second-order valence-electron chi connectivity index (χ2n) is 7.92. The van der Waals surface area contributed by atoms with E-state index in [9.17, 15) is 13.2 Å². The second-order valence-corrected chi connectivity index (χ2v) is 9.99. The van der Waals surface area contributed by atoms with Crippen LogP contribution >= 0.6 is 0 Å². The van der Waals surface area contributed by atoms with E-state index in [2.05, 4.69) is 10.4 Å². The molecular weight excluding hydrogens is 430 g/mol. The quantitative estimate of drug-likeness (QED) is 0.611. The lowest BCUT2D eigenvalue weighted by Crippen LogP contribution is -2.14. The lowest BCUT2D eigenvalue weighted by molar-refractivity contribution is -0.111. The maximum atomic E-state index is 12.7. The SMILES string of the molecule is Cc1ccc(-n2nc3c(c2NC(=O)/C=C\c2ccc4c(c2)OCO4)CS(=O)(=O)C3)cc1C. The molecule has 0 unspecified atom stereocenters. The van der Waals surface area contributed by atoms with Crippen molar-refractivity contribution in [2.24, 2.45) is 0 Å². The fourth-order valence-electron chi connectivity index (χ4n) is 3.76. The molecule has 0 saturated heterocycles. The van der Waals surface area contributed by atoms with Gasteiger partial charge >= 0.3 is 0 Å². The van der Waals surface area contributed by atoms with E-state index < -0.39 is 9.84 Å². The predicted octanol–water partition coefficient (Wildman–Crippen LogP) is 3.30. The second kappa shape index (κ2) is 7.52. The largest absolute Gasteiger partial charge is 0.454 e. The zero-order valence-electron chi connectivity index (χ0n) is 17.6. The van der Waals surface area contributed by atoms with Gasteiger partial charge in [-0.05, 0) is 60.9 Å². The molecule has 2 aromatic carbocycles. The summed E-state index contributed by atoms with van der Waals surface area (Å²) in [5.41, 5.74) is 4.75. The number of nitrogens with zero attached hydrogens (tertiary/aromatic N) is 2. The first-order valence-corrected chi connectivity index (χ1v) is 11.9. The summed E-state index contributed by atoms with van der Waals surface area (Å²) in [6.07, 6.45) is 3.05. The van der Waals surface area contributed by atoms with E-state index in [1.54, 1.807) is 22.9 Å². The van der Waals surface area contributed by atoms with Crippen molar-refractivity contribution < 1.29 is 22.7 Å². The van der Waals surface area contributed by atoms with E-state index in [1.807, 2.05) is 38.1 Å². The van der Waals surface area contributed by atoms with Gasteiger partial charge in [0.05, 0.1) is 22.9 Å². The van der Waals surface area contributed by atoms with Crippen molar-refractivity contribution in [3.05, 3.63) is 70.4 Å². The van der Waals surface area contributed by atoms with Crippen LogP contribution in [0.1, 0.15) is 27.9 Å². The van der Waals surface area contributed by atoms with Crippen molar-refractivity contribution in [1.29, 1.82) is 0 Å². The molecule has 0 atom stereocenters. The van der Waals surface area contributed by atoms with Crippen molar-refractivity contribution in [1.82, 2.24) is 9.78 Å². The van der Waals surface area contributed by atoms with Gasteiger partial charge in [0.2, 0.25) is 12.7 Å². The summed E-state index contributed by atoms with van der Waals surface area (Å²) < 4.78 is 36.5. The van der Waals surface area contributed by atoms with Crippen LogP contribution in [0.4, 0.5) is 5.82 Å². The summed E-state index contributed by atoms with van der Waals surface area (Å²) >= 11 is 0. The number of rotatable bonds is 4. The number of hydrogen-bond donors (Lipinski definition) is 1. The number of amides is 1. The highest BCUT2D eigenvalue weighted by molar-refractivity contribution is 7.90. The smallest absolute Gasteiger partial charge is 0.249 e. The molecule has 0 saturated carbocycles. The number of aryl methyl sites for hydroxylation is 2. The number of anilines is 1. The average molecular weight is 452 g/mol. The highest BCUT2D eigenvalue weighted by atomic mass is 32.2. The molecule has 1 amide bonds. The Morgan fingerprint density at radius 3 is 2.69 bits per heavy atom. The number of aromatic nitrogens is 2. The minimum Gasteiger partial charge on any atom is -0.454 e. The van der Waals surface area contributed by atoms with Gasteiger partial charge in [0, 0.05) is 11.6 Å². The summed E-state index contributed by atoms with van der Waals surface area (Å²) in [5.74, 6) is 1.01. The third kappa shape index (κ3) is 3.75. The van der Waals surface area contributed by atoms with Crippen LogP contribution in [-0.4, -0.2) is 30.9 Å². The van der Waals surface area contributed by atoms with Crippen molar-refractivity contribution in [2.75, 3.05) is 12.1 Å². The zero-order chi connectivity index (χ0) is 22.5. The molecule has 0 radical (unpaired) electrons. The molecule has 9 heteroatoms. The molecule has 3 aromatic rings. The fraction of sp³-hybridized carbons (Fsp3) is 0.217. The Balaban J connectivity index is 1.45. The van der Waals surface area contributed by atoms with Crippen LogP contribution in [0.2, 0.25) is 0 Å². The van der Waals surface area contributed by atoms with Crippen molar-refractivity contribution in [2.45, 2.75) is 25.4 Å². The van der Waals surface area contributed by atoms with Gasteiger partial charge in [-0.15, -0.1) is 0 Å². The molecule has 0 aliphatic carbocycles. The summed E-state index contributed by atoms with van der Waals surface area (Å²) in [4.78, 5) is 12.7. The summed E-state index contributed by atoms with van der Waals surface area (Å²) in [6, 6.07) is 11.2. The maximum absolute atomic E-state index is 12.7. The summed E-state index contributed by atoms with van der Waals surface area (Å²) in [5, 5.41) is 7.34. The van der Waals surface area contributed by atoms with E-state index in [4.69, 9.17) is 9.47 Å². The van der Waals surface area contributed by atoms with Gasteiger partial charge < -0.3 is 14.8 Å². The first-order valence-electron chi connectivity index (χ1n) is 10.1. The molecule has 8 nitrogen and oxygen atoms in total. The molecule has 0 fully saturated rings. The van der Waals surface area contributed by atoms with Gasteiger partial charge in [-0.25, -0.2) is 13.1 Å². The molecule has 5 rings (SSSR count). The number of benzene rings is 2. The van der Waals surface area contributed by atoms with Crippen LogP contribution in [0.25, 0.3) is 11.8 Å². The molecule has 0 spiro atoms. The van der Waals surface area contributed by atoms with E-state index in [0.717, 1.165) is 22.4 Å². The zero-order valence-corrected chi connectivity index (χ0v) is 18.4. The highest BCUT2D eigenvalue weighted by Crippen LogP contribution is 2.34. The van der Waals surface area contributed by atoms with Crippen LogP contribution in [0.15, 0.2) is 42.5 Å². The summed E-state index contributed by atoms with van der Waals surface area (Å²) in [7, 11) is -3.27. The van der Waals surface area contributed by atoms with Gasteiger partial charge in [-0.1, -0.05) is 12.1 Å². The third-order valence-corrected chi connectivity index (χ3v) is 7.03. The first kappa shape index (κ1) is 20.3. The van der Waals surface area contributed by atoms with Gasteiger partial charge in [0.25, 0.3) is 0 Å². The molecule has 3 heterocycles. The molecule has 1 N–H and O–H groups in total. The number of carbonyl (C=O) groups is 1. The van der Waals surface area contributed by atoms with Crippen molar-refractivity contribution >= 4 is 27.6 Å². The molecular formula is C23H21N3O5S. The topological polar surface area (TPSA) is 99.5 Å². The minimum atomic E-state index is -3.27. The Kier molecular flexibility index (Phi) is 4.78. The Morgan fingerprint density at radius 1 is 1.06 bits per heavy atom. The van der Waals surface area contributed by atoms with Crippen LogP contribution in [0, 0.1) is 13.8 Å². The van der Waals surface area contributed by atoms with Gasteiger partial charge in [-0.2, -0.15) is 5.10 Å². The molecule has 164 valence electrons. The monoisotopic (exact) mass is 451 g/mol. The Hall–Kier alpha value is -3.59. The predicted molar refractivity (Wildman–Crippen MR) is 120 cm³/mol. The number of carbonyl (C=O) groups excluding carboxylic acids is 1. The van der Waals surface area contributed by atoms with Crippen molar-refractivity contribution in [3.63, 3.8) is 0 Å². The van der Waals surface area contributed by atoms with Crippen LogP contribution < -0.4 is 14.8 Å². The maximum Gasteiger partial charge on any atom is 0.249 e. The number of hydrogen-bond acceptors (Lipinski definition) is 6. The van der Waals surface area contributed by atoms with E-state index in [0.29, 0.717) is 28.6 Å². The molecule has 2 aliphatic rings. The molecule has 0 bridgehead atoms. The number of ether oxygens (including phenoxy) is 2. The molecule has 1 aromatic heterocycles. The van der Waals surface area contributed by atoms with Gasteiger partial charge in [0.15, 0.2) is 21.3 Å². The fourth-order valence-corrected chi connectivity index (χ4v) is 5.26. The third-order valence-electron chi connectivity index (χ3n) is 5.59. The lowest BCUT2D eigenvalue weighted by Gasteiger charge is -2.11. The van der Waals surface area contributed by atoms with Crippen LogP contribution in [0.5, 0.6) is 11.5 Å². The van der Waals surface area contributed by atoms with Crippen LogP contribution in [-0.2, 0) is 26.1 Å². The number of sulfone groups is 1. The van der Waals surface area contributed by atoms with E-state index in [-0.39, 0.29) is 24.2 Å². The molecule has 32 heavy (non-hydrogen) atoms. The van der Waals surface area contributed by atoms with Crippen LogP contribution in [0.3, 0.4) is 0 Å². The van der Waals surface area contributed by atoms with Crippen molar-refractivity contribution in [3.8, 4) is 17.2 Å². The Labute approximate surface area is 185 Å². The standard InChI is InChI=1S/C23H21N3O5S/c1-14-3-6-17(9-15(14)2)26-23(18-11-32(28,29)12-19(18)25-26)24-22(27)8-5-16-4-7-20-21(10-16)31-13-30-20/h3-10H,11-13H2,1-2H3,(H,24,27)/b8-5-. The number of nitrogens with one attached hydrogen (secondary N) is 1. The van der Waals surface area contributed by atoms with E-state index in [1.165, 1.54) is 6.08 Å². The highest BCUT2D eigenvalue weighted by Gasteiger charge is 2.33. The average Bonchev–Trinajstić information content (AvgIpc) is 3.41. The normalized spacial score (nSPS) is 15.8. The minimum absolute atomic E-state index is 0.129. The number of fused-ring (bicyclic) bond motifs is 2. The summed E-state index contributed by atoms with van der Waals surface area (Å²) in [6.45, 7) is 4.19. The first-order chi connectivity index (χ1) is 15.3. The van der Waals surface area contributed by atoms with Gasteiger partial charge in [0.1, 0.15) is 5.82 Å². The lowest BCUT2D eigenvalue weighted by atomic mass is 10.1.